The Hall–Kier alpha value is -2.93. The van der Waals surface area contributed by atoms with E-state index in [0.29, 0.717) is 18.0 Å². The number of aliphatic hydroxyl groups excluding tert-OH is 1. The molecule has 2 aromatic heterocycles. The number of fused-ring (bicyclic) bond motifs is 1. The van der Waals surface area contributed by atoms with Crippen LogP contribution in [0.3, 0.4) is 0 Å². The molecule has 7 nitrogen and oxygen atoms in total. The Balaban J connectivity index is 2.14. The third-order valence-electron chi connectivity index (χ3n) is 4.76. The van der Waals surface area contributed by atoms with Gasteiger partial charge in [0.2, 0.25) is 0 Å². The Kier molecular flexibility index (Phi) is 6.26. The minimum absolute atomic E-state index is 0.0314. The second-order valence-electron chi connectivity index (χ2n) is 6.77. The van der Waals surface area contributed by atoms with Gasteiger partial charge in [-0.05, 0) is 24.5 Å². The molecule has 1 aromatic carbocycles. The zero-order chi connectivity index (χ0) is 20.1. The predicted molar refractivity (Wildman–Crippen MR) is 113 cm³/mol. The van der Waals surface area contributed by atoms with Gasteiger partial charge in [0, 0.05) is 13.6 Å². The van der Waals surface area contributed by atoms with Crippen LogP contribution in [0.2, 0.25) is 0 Å². The van der Waals surface area contributed by atoms with Crippen LogP contribution in [0.25, 0.3) is 23.3 Å². The summed E-state index contributed by atoms with van der Waals surface area (Å²) in [5.74, 6) is 1.19. The zero-order valence-corrected chi connectivity index (χ0v) is 16.6. The molecule has 1 atom stereocenters. The molecule has 2 heterocycles. The van der Waals surface area contributed by atoms with E-state index < -0.39 is 0 Å². The van der Waals surface area contributed by atoms with Gasteiger partial charge in [0.05, 0.1) is 12.6 Å². The van der Waals surface area contributed by atoms with Crippen molar-refractivity contribution in [2.45, 2.75) is 39.3 Å². The van der Waals surface area contributed by atoms with Crippen LogP contribution in [0.4, 0.5) is 5.82 Å². The molecule has 0 amide bonds. The fourth-order valence-electron chi connectivity index (χ4n) is 3.13. The molecule has 148 valence electrons. The maximum atomic E-state index is 12.6. The minimum atomic E-state index is -0.332. The van der Waals surface area contributed by atoms with Gasteiger partial charge in [-0.1, -0.05) is 50.3 Å². The van der Waals surface area contributed by atoms with Crippen molar-refractivity contribution in [1.82, 2.24) is 19.1 Å². The summed E-state index contributed by atoms with van der Waals surface area (Å²) in [5.41, 5.74) is 2.10. The van der Waals surface area contributed by atoms with Gasteiger partial charge in [-0.3, -0.25) is 4.57 Å². The van der Waals surface area contributed by atoms with Crippen LogP contribution >= 0.6 is 0 Å². The molecular formula is C21H27N5O2. The number of rotatable bonds is 8. The highest BCUT2D eigenvalue weighted by atomic mass is 16.3. The maximum Gasteiger partial charge on any atom is 0.351 e. The van der Waals surface area contributed by atoms with Gasteiger partial charge < -0.3 is 15.0 Å². The summed E-state index contributed by atoms with van der Waals surface area (Å²) in [4.78, 5) is 21.6. The summed E-state index contributed by atoms with van der Waals surface area (Å²) in [7, 11) is 1.91. The molecule has 0 saturated heterocycles. The highest BCUT2D eigenvalue weighted by Gasteiger charge is 2.19. The van der Waals surface area contributed by atoms with Crippen molar-refractivity contribution in [2.75, 3.05) is 11.9 Å². The van der Waals surface area contributed by atoms with Crippen LogP contribution in [0.15, 0.2) is 35.1 Å². The number of anilines is 1. The molecular weight excluding hydrogens is 354 g/mol. The van der Waals surface area contributed by atoms with Crippen molar-refractivity contribution in [2.24, 2.45) is 7.05 Å². The van der Waals surface area contributed by atoms with E-state index in [0.717, 1.165) is 29.7 Å². The van der Waals surface area contributed by atoms with Crippen molar-refractivity contribution < 1.29 is 5.11 Å². The van der Waals surface area contributed by atoms with E-state index in [1.807, 2.05) is 67.9 Å². The quantitative estimate of drug-likeness (QED) is 0.627. The molecule has 0 aliphatic rings. The molecule has 0 spiro atoms. The maximum absolute atomic E-state index is 12.6. The van der Waals surface area contributed by atoms with Gasteiger partial charge in [0.15, 0.2) is 11.5 Å². The van der Waals surface area contributed by atoms with Gasteiger partial charge in [-0.15, -0.1) is 0 Å². The average Bonchev–Trinajstić information content (AvgIpc) is 3.04. The number of hydrogen-bond donors (Lipinski definition) is 2. The second kappa shape index (κ2) is 8.84. The molecule has 0 aliphatic carbocycles. The van der Waals surface area contributed by atoms with E-state index in [1.54, 1.807) is 4.57 Å². The number of hydrogen-bond acceptors (Lipinski definition) is 5. The average molecular weight is 381 g/mol. The van der Waals surface area contributed by atoms with E-state index in [4.69, 9.17) is 4.98 Å². The number of benzene rings is 1. The Morgan fingerprint density at radius 3 is 2.57 bits per heavy atom. The molecule has 1 unspecified atom stereocenters. The zero-order valence-electron chi connectivity index (χ0n) is 16.6. The first-order valence-electron chi connectivity index (χ1n) is 9.66. The highest BCUT2D eigenvalue weighted by Crippen LogP contribution is 2.23. The molecule has 2 N–H and O–H groups in total. The predicted octanol–water partition coefficient (Wildman–Crippen LogP) is 2.89. The third kappa shape index (κ3) is 3.99. The molecule has 28 heavy (non-hydrogen) atoms. The Bertz CT molecular complexity index is 1020. The lowest BCUT2D eigenvalue weighted by Gasteiger charge is -2.16. The summed E-state index contributed by atoms with van der Waals surface area (Å²) in [6.07, 6.45) is 5.45. The van der Waals surface area contributed by atoms with Crippen molar-refractivity contribution in [3.63, 3.8) is 0 Å². The largest absolute Gasteiger partial charge is 0.394 e. The number of nitrogens with one attached hydrogen (secondary N) is 1. The smallest absolute Gasteiger partial charge is 0.351 e. The van der Waals surface area contributed by atoms with Crippen LogP contribution in [-0.4, -0.2) is 36.9 Å². The lowest BCUT2D eigenvalue weighted by atomic mass is 10.2. The molecule has 3 rings (SSSR count). The first-order valence-corrected chi connectivity index (χ1v) is 9.66. The molecule has 0 saturated carbocycles. The summed E-state index contributed by atoms with van der Waals surface area (Å²) >= 11 is 0. The number of imidazole rings is 1. The number of nitrogens with zero attached hydrogens (tertiary/aromatic N) is 4. The number of aryl methyl sites for hydroxylation is 2. The summed E-state index contributed by atoms with van der Waals surface area (Å²) in [5, 5.41) is 12.7. The summed E-state index contributed by atoms with van der Waals surface area (Å²) in [6, 6.07) is 9.82. The van der Waals surface area contributed by atoms with Crippen LogP contribution in [-0.2, 0) is 13.6 Å². The molecule has 0 aliphatic heterocycles. The van der Waals surface area contributed by atoms with Gasteiger partial charge in [-0.2, -0.15) is 4.98 Å². The van der Waals surface area contributed by atoms with Crippen molar-refractivity contribution in [3.05, 3.63) is 52.2 Å². The first-order chi connectivity index (χ1) is 13.6. The molecule has 0 fully saturated rings. The van der Waals surface area contributed by atoms with E-state index in [9.17, 15) is 9.90 Å². The normalized spacial score (nSPS) is 12.7. The Morgan fingerprint density at radius 2 is 1.93 bits per heavy atom. The van der Waals surface area contributed by atoms with E-state index in [2.05, 4.69) is 10.3 Å². The van der Waals surface area contributed by atoms with Crippen LogP contribution in [0.1, 0.15) is 38.1 Å². The topological polar surface area (TPSA) is 85.0 Å². The van der Waals surface area contributed by atoms with Crippen LogP contribution < -0.4 is 11.0 Å². The third-order valence-corrected chi connectivity index (χ3v) is 4.76. The second-order valence-corrected chi connectivity index (χ2v) is 6.77. The van der Waals surface area contributed by atoms with Crippen LogP contribution in [0, 0.1) is 0 Å². The molecule has 7 heteroatoms. The van der Waals surface area contributed by atoms with Crippen molar-refractivity contribution in [1.29, 1.82) is 0 Å². The van der Waals surface area contributed by atoms with E-state index in [-0.39, 0.29) is 18.3 Å². The van der Waals surface area contributed by atoms with Gasteiger partial charge in [0.1, 0.15) is 11.3 Å². The van der Waals surface area contributed by atoms with Crippen LogP contribution in [0.5, 0.6) is 0 Å². The fourth-order valence-corrected chi connectivity index (χ4v) is 3.13. The summed E-state index contributed by atoms with van der Waals surface area (Å²) < 4.78 is 3.54. The Morgan fingerprint density at radius 1 is 1.18 bits per heavy atom. The highest BCUT2D eigenvalue weighted by molar-refractivity contribution is 5.86. The lowest BCUT2D eigenvalue weighted by molar-refractivity contribution is 0.271. The van der Waals surface area contributed by atoms with Crippen molar-refractivity contribution in [3.8, 4) is 0 Å². The van der Waals surface area contributed by atoms with Gasteiger partial charge in [-0.25, -0.2) is 9.78 Å². The number of aliphatic hydroxyl groups is 1. The standard InChI is InChI=1S/C21H27N5O2/c1-4-13-26-20-18(19(24-21(26)28)22-16(5-2)14-27)25(3)17(23-20)12-11-15-9-7-6-8-10-15/h6-12,16,27H,4-5,13-14H2,1-3H3,(H,22,24,28). The van der Waals surface area contributed by atoms with E-state index >= 15 is 0 Å². The molecule has 0 radical (unpaired) electrons. The van der Waals surface area contributed by atoms with Gasteiger partial charge >= 0.3 is 5.69 Å². The lowest BCUT2D eigenvalue weighted by Crippen LogP contribution is -2.29. The first kappa shape index (κ1) is 19.8. The molecule has 3 aromatic rings. The number of aromatic nitrogens is 4. The Labute approximate surface area is 164 Å². The summed E-state index contributed by atoms with van der Waals surface area (Å²) in [6.45, 7) is 4.51. The van der Waals surface area contributed by atoms with Gasteiger partial charge in [0.25, 0.3) is 0 Å². The minimum Gasteiger partial charge on any atom is -0.394 e. The fraction of sp³-hybridized carbons (Fsp3) is 0.381. The monoisotopic (exact) mass is 381 g/mol. The molecule has 0 bridgehead atoms. The van der Waals surface area contributed by atoms with Crippen molar-refractivity contribution >= 4 is 29.1 Å². The van der Waals surface area contributed by atoms with E-state index in [1.165, 1.54) is 0 Å². The SMILES string of the molecule is CCCn1c(=O)nc(NC(CC)CO)c2c1nc(C=Cc1ccccc1)n2C.